The molecule has 0 aromatic heterocycles. The molecule has 2 saturated heterocycles. The fourth-order valence-electron chi connectivity index (χ4n) is 5.63. The first-order chi connectivity index (χ1) is 18.1. The number of primary amides is 1. The van der Waals surface area contributed by atoms with Crippen molar-refractivity contribution in [1.82, 2.24) is 10.2 Å². The van der Waals surface area contributed by atoms with Crippen LogP contribution in [0.15, 0.2) is 54.6 Å². The maximum atomic E-state index is 13.8. The van der Waals surface area contributed by atoms with Gasteiger partial charge in [-0.25, -0.2) is 4.79 Å². The van der Waals surface area contributed by atoms with Crippen molar-refractivity contribution in [2.24, 2.45) is 17.1 Å². The van der Waals surface area contributed by atoms with Gasteiger partial charge in [0.25, 0.3) is 0 Å². The number of carbonyl (C=O) groups is 2. The molecular weight excluding hydrogens is 478 g/mol. The summed E-state index contributed by atoms with van der Waals surface area (Å²) >= 11 is 0. The number of para-hydroxylation sites is 1. The minimum atomic E-state index is -0.974. The van der Waals surface area contributed by atoms with E-state index in [0.29, 0.717) is 45.5 Å². The minimum absolute atomic E-state index is 0.174. The summed E-state index contributed by atoms with van der Waals surface area (Å²) < 4.78 is 5.66. The number of benzene rings is 2. The molecule has 4 rings (SSSR count). The van der Waals surface area contributed by atoms with E-state index < -0.39 is 23.5 Å². The van der Waals surface area contributed by atoms with Crippen LogP contribution in [0.3, 0.4) is 0 Å². The molecule has 2 aliphatic heterocycles. The summed E-state index contributed by atoms with van der Waals surface area (Å²) in [5.41, 5.74) is 7.93. The summed E-state index contributed by atoms with van der Waals surface area (Å²) in [5.74, 6) is -0.758. The molecule has 0 spiro atoms. The highest BCUT2D eigenvalue weighted by molar-refractivity contribution is 5.82. The Kier molecular flexibility index (Phi) is 8.27. The van der Waals surface area contributed by atoms with E-state index in [2.05, 4.69) is 61.3 Å². The lowest BCUT2D eigenvalue weighted by Gasteiger charge is -2.43. The van der Waals surface area contributed by atoms with E-state index in [1.165, 1.54) is 0 Å². The van der Waals surface area contributed by atoms with Gasteiger partial charge in [0.05, 0.1) is 31.2 Å². The third-order valence-corrected chi connectivity index (χ3v) is 7.61. The molecule has 38 heavy (non-hydrogen) atoms. The minimum Gasteiger partial charge on any atom is -0.377 e. The van der Waals surface area contributed by atoms with Crippen LogP contribution in [-0.4, -0.2) is 61.3 Å². The molecule has 2 aliphatic rings. The number of morpholine rings is 1. The molecule has 8 heteroatoms. The average molecular weight is 518 g/mol. The lowest BCUT2D eigenvalue weighted by molar-refractivity contribution is -0.132. The molecule has 3 N–H and O–H groups in total. The summed E-state index contributed by atoms with van der Waals surface area (Å²) in [6, 6.07) is 20.0. The van der Waals surface area contributed by atoms with Crippen molar-refractivity contribution < 1.29 is 14.3 Å². The number of nitrogens with zero attached hydrogens (tertiary/aromatic N) is 3. The predicted molar refractivity (Wildman–Crippen MR) is 148 cm³/mol. The van der Waals surface area contributed by atoms with Crippen molar-refractivity contribution in [3.8, 4) is 17.2 Å². The topological polar surface area (TPSA) is 112 Å². The van der Waals surface area contributed by atoms with Gasteiger partial charge in [0.1, 0.15) is 5.54 Å². The molecule has 2 unspecified atom stereocenters. The molecule has 2 heterocycles. The number of urea groups is 1. The van der Waals surface area contributed by atoms with Crippen LogP contribution in [0.1, 0.15) is 40.0 Å². The van der Waals surface area contributed by atoms with Gasteiger partial charge in [-0.3, -0.25) is 4.79 Å². The molecule has 0 bridgehead atoms. The molecule has 2 aromatic carbocycles. The van der Waals surface area contributed by atoms with Crippen molar-refractivity contribution in [3.63, 3.8) is 0 Å². The Morgan fingerprint density at radius 3 is 2.39 bits per heavy atom. The molecule has 0 saturated carbocycles. The van der Waals surface area contributed by atoms with E-state index >= 15 is 0 Å². The van der Waals surface area contributed by atoms with E-state index in [1.54, 1.807) is 4.90 Å². The molecule has 2 fully saturated rings. The van der Waals surface area contributed by atoms with Gasteiger partial charge in [-0.05, 0) is 23.5 Å². The molecule has 2 atom stereocenters. The molecule has 0 aliphatic carbocycles. The van der Waals surface area contributed by atoms with Gasteiger partial charge in [0.15, 0.2) is 0 Å². The Morgan fingerprint density at radius 2 is 1.76 bits per heavy atom. The number of ether oxygens (including phenoxy) is 1. The quantitative estimate of drug-likeness (QED) is 0.598. The fourth-order valence-corrected chi connectivity index (χ4v) is 5.63. The molecule has 0 radical (unpaired) electrons. The van der Waals surface area contributed by atoms with Crippen LogP contribution in [0.5, 0.6) is 0 Å². The van der Waals surface area contributed by atoms with Gasteiger partial charge in [0.2, 0.25) is 5.91 Å². The van der Waals surface area contributed by atoms with Crippen molar-refractivity contribution in [1.29, 1.82) is 5.26 Å². The van der Waals surface area contributed by atoms with Crippen molar-refractivity contribution in [3.05, 3.63) is 54.6 Å². The molecule has 3 amide bonds. The standard InChI is InChI=1S/C30H39N5O3/c1-29(2,3)19-24(26-20-38-18-17-35(26)28(32)37)27(36)33-30(21-31)13-15-34(16-14-30)25-12-8-7-11-23(25)22-9-5-4-6-10-22/h4-12,24,26H,13-20H2,1-3H3,(H2,32,37)(H,33,36). The third-order valence-electron chi connectivity index (χ3n) is 7.61. The van der Waals surface area contributed by atoms with E-state index in [9.17, 15) is 14.9 Å². The van der Waals surface area contributed by atoms with Crippen LogP contribution in [0.2, 0.25) is 0 Å². The highest BCUT2D eigenvalue weighted by atomic mass is 16.5. The molecular formula is C30H39N5O3. The van der Waals surface area contributed by atoms with Crippen LogP contribution < -0.4 is 16.0 Å². The Bertz CT molecular complexity index is 1160. The van der Waals surface area contributed by atoms with Crippen LogP contribution in [0, 0.1) is 22.7 Å². The monoisotopic (exact) mass is 517 g/mol. The molecule has 202 valence electrons. The lowest BCUT2D eigenvalue weighted by Crippen LogP contribution is -2.61. The number of piperidine rings is 1. The Morgan fingerprint density at radius 1 is 1.11 bits per heavy atom. The van der Waals surface area contributed by atoms with E-state index in [1.807, 2.05) is 30.3 Å². The average Bonchev–Trinajstić information content (AvgIpc) is 2.92. The number of rotatable bonds is 6. The zero-order valence-electron chi connectivity index (χ0n) is 22.7. The number of nitrogens with one attached hydrogen (secondary N) is 1. The fraction of sp³-hybridized carbons (Fsp3) is 0.500. The number of nitrogens with two attached hydrogens (primary N) is 1. The number of carbonyl (C=O) groups excluding carboxylic acids is 2. The summed E-state index contributed by atoms with van der Waals surface area (Å²) in [7, 11) is 0. The zero-order valence-corrected chi connectivity index (χ0v) is 22.7. The van der Waals surface area contributed by atoms with Crippen LogP contribution in [-0.2, 0) is 9.53 Å². The predicted octanol–water partition coefficient (Wildman–Crippen LogP) is 4.16. The summed E-state index contributed by atoms with van der Waals surface area (Å²) in [6.45, 7) is 8.47. The maximum Gasteiger partial charge on any atom is 0.315 e. The van der Waals surface area contributed by atoms with Crippen LogP contribution in [0.25, 0.3) is 11.1 Å². The first-order valence-corrected chi connectivity index (χ1v) is 13.4. The second kappa shape index (κ2) is 11.4. The maximum absolute atomic E-state index is 13.8. The van der Waals surface area contributed by atoms with Gasteiger partial charge in [-0.1, -0.05) is 69.3 Å². The summed E-state index contributed by atoms with van der Waals surface area (Å²) in [5, 5.41) is 13.4. The first kappa shape index (κ1) is 27.5. The highest BCUT2D eigenvalue weighted by Gasteiger charge is 2.43. The second-order valence-electron chi connectivity index (χ2n) is 11.6. The normalized spacial score (nSPS) is 20.3. The molecule has 8 nitrogen and oxygen atoms in total. The van der Waals surface area contributed by atoms with E-state index in [0.717, 1.165) is 16.8 Å². The van der Waals surface area contributed by atoms with Gasteiger partial charge < -0.3 is 25.6 Å². The zero-order chi connectivity index (χ0) is 27.3. The van der Waals surface area contributed by atoms with Crippen LogP contribution in [0.4, 0.5) is 10.5 Å². The van der Waals surface area contributed by atoms with Gasteiger partial charge in [-0.2, -0.15) is 5.26 Å². The Labute approximate surface area is 225 Å². The summed E-state index contributed by atoms with van der Waals surface area (Å²) in [6.07, 6.45) is 1.54. The number of amides is 3. The van der Waals surface area contributed by atoms with E-state index in [4.69, 9.17) is 10.5 Å². The molecule has 2 aromatic rings. The van der Waals surface area contributed by atoms with Crippen molar-refractivity contribution >= 4 is 17.6 Å². The number of nitriles is 1. The van der Waals surface area contributed by atoms with Gasteiger partial charge in [0, 0.05) is 43.7 Å². The van der Waals surface area contributed by atoms with Crippen molar-refractivity contribution in [2.45, 2.75) is 51.6 Å². The van der Waals surface area contributed by atoms with Crippen LogP contribution >= 0.6 is 0 Å². The number of anilines is 1. The van der Waals surface area contributed by atoms with Gasteiger partial charge in [-0.15, -0.1) is 0 Å². The smallest absolute Gasteiger partial charge is 0.315 e. The highest BCUT2D eigenvalue weighted by Crippen LogP contribution is 2.35. The van der Waals surface area contributed by atoms with Crippen molar-refractivity contribution in [2.75, 3.05) is 37.7 Å². The lowest BCUT2D eigenvalue weighted by atomic mass is 9.79. The van der Waals surface area contributed by atoms with Gasteiger partial charge >= 0.3 is 6.03 Å². The van der Waals surface area contributed by atoms with E-state index in [-0.39, 0.29) is 17.9 Å². The Hall–Kier alpha value is -3.57. The third kappa shape index (κ3) is 6.28. The number of hydrogen-bond acceptors (Lipinski definition) is 5. The SMILES string of the molecule is CC(C)(C)CC(C(=O)NC1(C#N)CCN(c2ccccc2-c2ccccc2)CC1)C1COCCN1C(N)=O. The first-order valence-electron chi connectivity index (χ1n) is 13.4. The second-order valence-corrected chi connectivity index (χ2v) is 11.6. The summed E-state index contributed by atoms with van der Waals surface area (Å²) in [4.78, 5) is 29.8. The largest absolute Gasteiger partial charge is 0.377 e. The number of hydrogen-bond donors (Lipinski definition) is 2. The Balaban J connectivity index is 1.51.